The van der Waals surface area contributed by atoms with Crippen molar-refractivity contribution in [1.82, 2.24) is 5.32 Å². The fraction of sp³-hybridized carbons (Fsp3) is 0.381. The van der Waals surface area contributed by atoms with Gasteiger partial charge >= 0.3 is 0 Å². The van der Waals surface area contributed by atoms with Gasteiger partial charge in [0.05, 0.1) is 6.42 Å². The van der Waals surface area contributed by atoms with Crippen molar-refractivity contribution < 1.29 is 23.4 Å². The number of ether oxygens (including phenoxy) is 3. The predicted molar refractivity (Wildman–Crippen MR) is 97.4 cm³/mol. The molecule has 6 heteroatoms. The molecule has 1 fully saturated rings. The van der Waals surface area contributed by atoms with E-state index in [1.54, 1.807) is 12.1 Å². The van der Waals surface area contributed by atoms with Gasteiger partial charge in [-0.3, -0.25) is 4.79 Å². The maximum Gasteiger partial charge on any atom is 0.231 e. The third kappa shape index (κ3) is 3.90. The fourth-order valence-electron chi connectivity index (χ4n) is 3.67. The summed E-state index contributed by atoms with van der Waals surface area (Å²) in [6, 6.07) is 12.0. The maximum atomic E-state index is 13.0. The Morgan fingerprint density at radius 3 is 2.56 bits per heavy atom. The number of hydrogen-bond donors (Lipinski definition) is 1. The second-order valence-electron chi connectivity index (χ2n) is 7.04. The van der Waals surface area contributed by atoms with Crippen LogP contribution in [0.1, 0.15) is 24.0 Å². The Hall–Kier alpha value is -2.60. The number of hydrogen-bond acceptors (Lipinski definition) is 4. The Kier molecular flexibility index (Phi) is 4.99. The quantitative estimate of drug-likeness (QED) is 0.878. The number of nitrogens with one attached hydrogen (secondary N) is 1. The van der Waals surface area contributed by atoms with Gasteiger partial charge in [0.25, 0.3) is 0 Å². The molecule has 2 aromatic carbocycles. The molecule has 0 bridgehead atoms. The molecule has 0 radical (unpaired) electrons. The van der Waals surface area contributed by atoms with Crippen LogP contribution in [0.5, 0.6) is 11.5 Å². The van der Waals surface area contributed by atoms with Crippen molar-refractivity contribution in [3.8, 4) is 11.5 Å². The summed E-state index contributed by atoms with van der Waals surface area (Å²) in [5.41, 5.74) is 1.72. The fourth-order valence-corrected chi connectivity index (χ4v) is 3.67. The highest BCUT2D eigenvalue weighted by atomic mass is 19.1. The number of benzene rings is 2. The monoisotopic (exact) mass is 371 g/mol. The van der Waals surface area contributed by atoms with E-state index in [4.69, 9.17) is 14.2 Å². The zero-order chi connectivity index (χ0) is 18.7. The van der Waals surface area contributed by atoms with Crippen molar-refractivity contribution in [2.45, 2.75) is 24.7 Å². The number of carbonyl (C=O) groups is 1. The summed E-state index contributed by atoms with van der Waals surface area (Å²) in [5, 5.41) is 3.06. The number of halogens is 1. The van der Waals surface area contributed by atoms with E-state index in [0.29, 0.717) is 19.8 Å². The highest BCUT2D eigenvalue weighted by Crippen LogP contribution is 2.40. The third-order valence-electron chi connectivity index (χ3n) is 5.34. The van der Waals surface area contributed by atoms with Gasteiger partial charge in [-0.05, 0) is 48.2 Å². The Bertz CT molecular complexity index is 815. The molecule has 0 aliphatic carbocycles. The van der Waals surface area contributed by atoms with E-state index in [1.165, 1.54) is 12.1 Å². The van der Waals surface area contributed by atoms with Crippen molar-refractivity contribution in [2.24, 2.45) is 0 Å². The molecule has 142 valence electrons. The number of carbonyl (C=O) groups excluding carboxylic acids is 1. The van der Waals surface area contributed by atoms with Crippen molar-refractivity contribution in [2.75, 3.05) is 26.6 Å². The molecule has 4 rings (SSSR count). The van der Waals surface area contributed by atoms with Gasteiger partial charge in [0, 0.05) is 25.2 Å². The molecule has 5 nitrogen and oxygen atoms in total. The molecule has 2 aliphatic heterocycles. The second-order valence-corrected chi connectivity index (χ2v) is 7.04. The molecule has 2 aromatic rings. The van der Waals surface area contributed by atoms with Crippen LogP contribution < -0.4 is 14.8 Å². The highest BCUT2D eigenvalue weighted by Gasteiger charge is 2.36. The summed E-state index contributed by atoms with van der Waals surface area (Å²) in [6.45, 7) is 2.07. The molecule has 0 spiro atoms. The van der Waals surface area contributed by atoms with Crippen LogP contribution in [0, 0.1) is 5.82 Å². The van der Waals surface area contributed by atoms with Gasteiger partial charge in [-0.25, -0.2) is 4.39 Å². The van der Waals surface area contributed by atoms with E-state index >= 15 is 0 Å². The van der Waals surface area contributed by atoms with E-state index in [0.717, 1.165) is 35.5 Å². The summed E-state index contributed by atoms with van der Waals surface area (Å²) in [6.07, 6.45) is 1.88. The number of rotatable bonds is 5. The van der Waals surface area contributed by atoms with Gasteiger partial charge in [-0.2, -0.15) is 0 Å². The Balaban J connectivity index is 1.47. The molecule has 1 amide bonds. The van der Waals surface area contributed by atoms with Crippen LogP contribution in [0.15, 0.2) is 42.5 Å². The molecule has 1 saturated heterocycles. The maximum absolute atomic E-state index is 13.0. The molecule has 2 aliphatic rings. The van der Waals surface area contributed by atoms with Gasteiger partial charge < -0.3 is 19.5 Å². The van der Waals surface area contributed by atoms with Crippen molar-refractivity contribution in [1.29, 1.82) is 0 Å². The summed E-state index contributed by atoms with van der Waals surface area (Å²) in [7, 11) is 0. The zero-order valence-corrected chi connectivity index (χ0v) is 15.0. The topological polar surface area (TPSA) is 56.8 Å². The van der Waals surface area contributed by atoms with Gasteiger partial charge in [-0.1, -0.05) is 18.2 Å². The lowest BCUT2D eigenvalue weighted by atomic mass is 9.74. The summed E-state index contributed by atoms with van der Waals surface area (Å²) in [4.78, 5) is 12.4. The van der Waals surface area contributed by atoms with Crippen molar-refractivity contribution in [3.05, 3.63) is 59.4 Å². The van der Waals surface area contributed by atoms with Crippen LogP contribution in [0.3, 0.4) is 0 Å². The average Bonchev–Trinajstić information content (AvgIpc) is 3.17. The van der Waals surface area contributed by atoms with Crippen LogP contribution in [0.2, 0.25) is 0 Å². The van der Waals surface area contributed by atoms with Crippen molar-refractivity contribution in [3.63, 3.8) is 0 Å². The van der Waals surface area contributed by atoms with Gasteiger partial charge in [0.1, 0.15) is 5.82 Å². The average molecular weight is 371 g/mol. The lowest BCUT2D eigenvalue weighted by Crippen LogP contribution is -2.45. The third-order valence-corrected chi connectivity index (χ3v) is 5.34. The predicted octanol–water partition coefficient (Wildman–Crippen LogP) is 2.96. The van der Waals surface area contributed by atoms with E-state index in [9.17, 15) is 9.18 Å². The Morgan fingerprint density at radius 2 is 1.78 bits per heavy atom. The number of fused-ring (bicyclic) bond motifs is 1. The minimum Gasteiger partial charge on any atom is -0.454 e. The van der Waals surface area contributed by atoms with E-state index in [-0.39, 0.29) is 30.4 Å². The van der Waals surface area contributed by atoms with Crippen LogP contribution in [0.4, 0.5) is 4.39 Å². The Labute approximate surface area is 157 Å². The smallest absolute Gasteiger partial charge is 0.231 e. The van der Waals surface area contributed by atoms with Crippen LogP contribution in [-0.4, -0.2) is 32.5 Å². The largest absolute Gasteiger partial charge is 0.454 e. The summed E-state index contributed by atoms with van der Waals surface area (Å²) in [5.74, 6) is 1.12. The lowest BCUT2D eigenvalue weighted by Gasteiger charge is -2.38. The summed E-state index contributed by atoms with van der Waals surface area (Å²) < 4.78 is 29.5. The second kappa shape index (κ2) is 7.56. The Morgan fingerprint density at radius 1 is 1.04 bits per heavy atom. The number of amides is 1. The van der Waals surface area contributed by atoms with E-state index < -0.39 is 0 Å². The molecule has 2 heterocycles. The molecule has 0 unspecified atom stereocenters. The molecule has 27 heavy (non-hydrogen) atoms. The first kappa shape index (κ1) is 17.8. The lowest BCUT2D eigenvalue weighted by molar-refractivity contribution is -0.120. The normalized spacial score (nSPS) is 17.5. The van der Waals surface area contributed by atoms with Crippen molar-refractivity contribution >= 4 is 5.91 Å². The van der Waals surface area contributed by atoms with Gasteiger partial charge in [0.2, 0.25) is 12.7 Å². The molecular formula is C21H22FNO4. The van der Waals surface area contributed by atoms with Crippen LogP contribution in [0.25, 0.3) is 0 Å². The summed E-state index contributed by atoms with van der Waals surface area (Å²) >= 11 is 0. The highest BCUT2D eigenvalue weighted by molar-refractivity contribution is 5.78. The minimum atomic E-state index is -0.303. The van der Waals surface area contributed by atoms with Gasteiger partial charge in [-0.15, -0.1) is 0 Å². The first-order valence-corrected chi connectivity index (χ1v) is 9.14. The molecular weight excluding hydrogens is 349 g/mol. The molecule has 0 saturated carbocycles. The van der Waals surface area contributed by atoms with E-state index in [1.807, 2.05) is 18.2 Å². The first-order valence-electron chi connectivity index (χ1n) is 9.14. The molecule has 0 atom stereocenters. The first-order chi connectivity index (χ1) is 13.1. The molecule has 1 N–H and O–H groups in total. The zero-order valence-electron chi connectivity index (χ0n) is 15.0. The van der Waals surface area contributed by atoms with Crippen LogP contribution >= 0.6 is 0 Å². The minimum absolute atomic E-state index is 0.0757. The molecule has 0 aromatic heterocycles. The SMILES string of the molecule is O=C(Cc1ccc(F)cc1)NCC1(c2ccc3c(c2)OCO3)CCOCC1. The standard InChI is InChI=1S/C21H22FNO4/c22-17-4-1-15(2-5-17)11-20(24)23-13-21(7-9-25-10-8-21)16-3-6-18-19(12-16)27-14-26-18/h1-6,12H,7-11,13-14H2,(H,23,24). The van der Waals surface area contributed by atoms with Crippen LogP contribution in [-0.2, 0) is 21.4 Å². The van der Waals surface area contributed by atoms with E-state index in [2.05, 4.69) is 5.32 Å². The van der Waals surface area contributed by atoms with Gasteiger partial charge in [0.15, 0.2) is 11.5 Å².